The molecular formula is C15H20Cl2N2O. The van der Waals surface area contributed by atoms with Crippen LogP contribution >= 0.6 is 23.2 Å². The lowest BCUT2D eigenvalue weighted by Gasteiger charge is -2.31. The topological polar surface area (TPSA) is 55.1 Å². The number of hydrogen-bond acceptors (Lipinski definition) is 2. The molecule has 1 aromatic rings. The summed E-state index contributed by atoms with van der Waals surface area (Å²) in [6.07, 6.45) is 5.50. The van der Waals surface area contributed by atoms with E-state index in [2.05, 4.69) is 5.32 Å². The molecule has 0 aliphatic heterocycles. The van der Waals surface area contributed by atoms with Crippen molar-refractivity contribution in [1.29, 1.82) is 0 Å². The van der Waals surface area contributed by atoms with Crippen LogP contribution < -0.4 is 11.1 Å². The summed E-state index contributed by atoms with van der Waals surface area (Å²) in [7, 11) is 0. The molecule has 1 aromatic carbocycles. The number of rotatable bonds is 4. The molecule has 0 atom stereocenters. The highest BCUT2D eigenvalue weighted by Gasteiger charge is 2.34. The van der Waals surface area contributed by atoms with Gasteiger partial charge in [-0.3, -0.25) is 4.79 Å². The Morgan fingerprint density at radius 1 is 1.15 bits per heavy atom. The summed E-state index contributed by atoms with van der Waals surface area (Å²) in [5.74, 6) is -0.0367. The first kappa shape index (κ1) is 15.6. The van der Waals surface area contributed by atoms with Gasteiger partial charge in [-0.15, -0.1) is 0 Å². The van der Waals surface area contributed by atoms with Gasteiger partial charge in [0, 0.05) is 16.6 Å². The van der Waals surface area contributed by atoms with Crippen LogP contribution in [0.2, 0.25) is 10.0 Å². The van der Waals surface area contributed by atoms with Crippen LogP contribution in [0.4, 0.5) is 0 Å². The zero-order valence-corrected chi connectivity index (χ0v) is 12.9. The largest absolute Gasteiger partial charge is 0.354 e. The molecule has 0 spiro atoms. The number of amides is 1. The van der Waals surface area contributed by atoms with Crippen molar-refractivity contribution in [2.24, 2.45) is 5.73 Å². The summed E-state index contributed by atoms with van der Waals surface area (Å²) in [6.45, 7) is 0.550. The molecule has 20 heavy (non-hydrogen) atoms. The Bertz CT molecular complexity index is 465. The van der Waals surface area contributed by atoms with Crippen LogP contribution in [0.1, 0.15) is 37.7 Å². The van der Waals surface area contributed by atoms with E-state index in [9.17, 15) is 4.79 Å². The zero-order chi connectivity index (χ0) is 14.6. The monoisotopic (exact) mass is 314 g/mol. The fraction of sp³-hybridized carbons (Fsp3) is 0.533. The first-order valence-corrected chi connectivity index (χ1v) is 7.77. The quantitative estimate of drug-likeness (QED) is 0.895. The van der Waals surface area contributed by atoms with Crippen LogP contribution in [0.5, 0.6) is 0 Å². The Kier molecular flexibility index (Phi) is 5.30. The van der Waals surface area contributed by atoms with Crippen molar-refractivity contribution in [2.75, 3.05) is 6.54 Å². The molecule has 5 heteroatoms. The molecule has 3 nitrogen and oxygen atoms in total. The fourth-order valence-corrected chi connectivity index (χ4v) is 3.23. The van der Waals surface area contributed by atoms with Crippen LogP contribution in [0, 0.1) is 0 Å². The van der Waals surface area contributed by atoms with E-state index in [0.717, 1.165) is 31.2 Å². The lowest BCUT2D eigenvalue weighted by Crippen LogP contribution is -2.55. The predicted molar refractivity (Wildman–Crippen MR) is 83.2 cm³/mol. The molecule has 0 heterocycles. The highest BCUT2D eigenvalue weighted by Crippen LogP contribution is 2.26. The second kappa shape index (κ2) is 6.79. The second-order valence-electron chi connectivity index (χ2n) is 5.50. The second-order valence-corrected chi connectivity index (χ2v) is 6.37. The van der Waals surface area contributed by atoms with Crippen molar-refractivity contribution in [3.63, 3.8) is 0 Å². The molecular weight excluding hydrogens is 295 g/mol. The van der Waals surface area contributed by atoms with Gasteiger partial charge < -0.3 is 11.1 Å². The number of halogens is 2. The summed E-state index contributed by atoms with van der Waals surface area (Å²) in [6, 6.07) is 5.42. The molecule has 0 bridgehead atoms. The Morgan fingerprint density at radius 2 is 1.75 bits per heavy atom. The minimum Gasteiger partial charge on any atom is -0.354 e. The van der Waals surface area contributed by atoms with E-state index >= 15 is 0 Å². The van der Waals surface area contributed by atoms with E-state index in [1.165, 1.54) is 6.42 Å². The highest BCUT2D eigenvalue weighted by molar-refractivity contribution is 6.34. The van der Waals surface area contributed by atoms with Crippen molar-refractivity contribution in [2.45, 2.75) is 44.1 Å². The van der Waals surface area contributed by atoms with E-state index in [0.29, 0.717) is 23.0 Å². The predicted octanol–water partition coefficient (Wildman–Crippen LogP) is 3.31. The average Bonchev–Trinajstić information content (AvgIpc) is 2.38. The van der Waals surface area contributed by atoms with Crippen molar-refractivity contribution >= 4 is 29.1 Å². The van der Waals surface area contributed by atoms with Gasteiger partial charge in [0.2, 0.25) is 5.91 Å². The molecule has 110 valence electrons. The zero-order valence-electron chi connectivity index (χ0n) is 11.4. The number of carbonyl (C=O) groups is 1. The lowest BCUT2D eigenvalue weighted by atomic mass is 9.82. The van der Waals surface area contributed by atoms with Crippen molar-refractivity contribution in [3.05, 3.63) is 33.8 Å². The Morgan fingerprint density at radius 3 is 2.35 bits per heavy atom. The van der Waals surface area contributed by atoms with Gasteiger partial charge in [0.1, 0.15) is 0 Å². The Balaban J connectivity index is 1.84. The minimum atomic E-state index is -0.676. The molecule has 0 unspecified atom stereocenters. The molecule has 1 saturated carbocycles. The highest BCUT2D eigenvalue weighted by atomic mass is 35.5. The number of hydrogen-bond donors (Lipinski definition) is 2. The maximum Gasteiger partial charge on any atom is 0.240 e. The van der Waals surface area contributed by atoms with E-state index in [1.807, 2.05) is 12.1 Å². The maximum absolute atomic E-state index is 12.2. The molecule has 1 amide bonds. The minimum absolute atomic E-state index is 0.0367. The van der Waals surface area contributed by atoms with Gasteiger partial charge in [-0.1, -0.05) is 42.5 Å². The van der Waals surface area contributed by atoms with Gasteiger partial charge in [0.25, 0.3) is 0 Å². The Labute approximate surface area is 129 Å². The maximum atomic E-state index is 12.2. The lowest BCUT2D eigenvalue weighted by molar-refractivity contribution is -0.127. The fourth-order valence-electron chi connectivity index (χ4n) is 2.66. The van der Waals surface area contributed by atoms with Crippen LogP contribution in [0.15, 0.2) is 18.2 Å². The van der Waals surface area contributed by atoms with Gasteiger partial charge in [0.05, 0.1) is 5.54 Å². The Hall–Kier alpha value is -0.770. The van der Waals surface area contributed by atoms with Crippen LogP contribution in [-0.4, -0.2) is 18.0 Å². The summed E-state index contributed by atoms with van der Waals surface area (Å²) in [5, 5.41) is 4.16. The molecule has 1 aliphatic rings. The number of nitrogens with one attached hydrogen (secondary N) is 1. The molecule has 3 N–H and O–H groups in total. The normalized spacial score (nSPS) is 17.8. The van der Waals surface area contributed by atoms with Gasteiger partial charge >= 0.3 is 0 Å². The van der Waals surface area contributed by atoms with E-state index < -0.39 is 5.54 Å². The third-order valence-corrected chi connectivity index (χ3v) is 4.26. The van der Waals surface area contributed by atoms with E-state index in [4.69, 9.17) is 28.9 Å². The summed E-state index contributed by atoms with van der Waals surface area (Å²) >= 11 is 11.9. The van der Waals surface area contributed by atoms with Crippen LogP contribution in [0.25, 0.3) is 0 Å². The van der Waals surface area contributed by atoms with Crippen molar-refractivity contribution in [1.82, 2.24) is 5.32 Å². The molecule has 1 fully saturated rings. The summed E-state index contributed by atoms with van der Waals surface area (Å²) < 4.78 is 0. The first-order valence-electron chi connectivity index (χ1n) is 7.02. The van der Waals surface area contributed by atoms with Gasteiger partial charge in [0.15, 0.2) is 0 Å². The van der Waals surface area contributed by atoms with Crippen LogP contribution in [0.3, 0.4) is 0 Å². The smallest absolute Gasteiger partial charge is 0.240 e. The van der Waals surface area contributed by atoms with Crippen molar-refractivity contribution < 1.29 is 4.79 Å². The first-order chi connectivity index (χ1) is 9.49. The molecule has 0 saturated heterocycles. The summed E-state index contributed by atoms with van der Waals surface area (Å²) in [4.78, 5) is 12.2. The number of benzene rings is 1. The molecule has 0 aromatic heterocycles. The molecule has 2 rings (SSSR count). The third kappa shape index (κ3) is 4.11. The van der Waals surface area contributed by atoms with Gasteiger partial charge in [-0.2, -0.15) is 0 Å². The van der Waals surface area contributed by atoms with Gasteiger partial charge in [-0.05, 0) is 43.0 Å². The third-order valence-electron chi connectivity index (χ3n) is 3.82. The molecule has 0 radical (unpaired) electrons. The SMILES string of the molecule is NC1(C(=O)NCCc2cc(Cl)cc(Cl)c2)CCCCC1. The number of carbonyl (C=O) groups excluding carboxylic acids is 1. The average molecular weight is 315 g/mol. The summed E-state index contributed by atoms with van der Waals surface area (Å²) in [5.41, 5.74) is 6.51. The van der Waals surface area contributed by atoms with Crippen molar-refractivity contribution in [3.8, 4) is 0 Å². The van der Waals surface area contributed by atoms with E-state index in [-0.39, 0.29) is 5.91 Å². The standard InChI is InChI=1S/C15H20Cl2N2O/c16-12-8-11(9-13(17)10-12)4-7-19-14(20)15(18)5-2-1-3-6-15/h8-10H,1-7,18H2,(H,19,20). The van der Waals surface area contributed by atoms with Crippen LogP contribution in [-0.2, 0) is 11.2 Å². The van der Waals surface area contributed by atoms with E-state index in [1.54, 1.807) is 6.07 Å². The van der Waals surface area contributed by atoms with Gasteiger partial charge in [-0.25, -0.2) is 0 Å². The number of nitrogens with two attached hydrogens (primary N) is 1. The molecule has 1 aliphatic carbocycles.